The highest BCUT2D eigenvalue weighted by molar-refractivity contribution is 5.85. The molecule has 0 atom stereocenters. The van der Waals surface area contributed by atoms with Crippen LogP contribution >= 0.6 is 12.4 Å². The third-order valence-corrected chi connectivity index (χ3v) is 1.85. The number of halogens is 1. The van der Waals surface area contributed by atoms with Gasteiger partial charge in [-0.05, 0) is 23.8 Å². The average Bonchev–Trinajstić information content (AvgIpc) is 2.34. The molecule has 0 spiro atoms. The second-order valence-electron chi connectivity index (χ2n) is 3.08. The van der Waals surface area contributed by atoms with Crippen LogP contribution in [0.2, 0.25) is 0 Å². The summed E-state index contributed by atoms with van der Waals surface area (Å²) in [5, 5.41) is 11.2. The maximum Gasteiger partial charge on any atom is 0.328 e. The summed E-state index contributed by atoms with van der Waals surface area (Å²) < 4.78 is 4.45. The number of carboxylic acid groups (broad SMARTS) is 1. The number of esters is 1. The van der Waals surface area contributed by atoms with Gasteiger partial charge < -0.3 is 15.2 Å². The average molecular weight is 273 g/mol. The standard InChI is InChI=1S/C11H12N2O4.ClH/c1-17-11(16)7-13-9-4-2-8(6-12-9)3-5-10(14)15;/h2-6H,7H2,1H3,(H,12,13)(H,14,15);1H. The number of nitrogens with zero attached hydrogens (tertiary/aromatic N) is 1. The summed E-state index contributed by atoms with van der Waals surface area (Å²) >= 11 is 0. The smallest absolute Gasteiger partial charge is 0.328 e. The zero-order valence-corrected chi connectivity index (χ0v) is 10.4. The van der Waals surface area contributed by atoms with Crippen LogP contribution in [-0.4, -0.2) is 35.7 Å². The van der Waals surface area contributed by atoms with Gasteiger partial charge in [0, 0.05) is 12.3 Å². The van der Waals surface area contributed by atoms with Crippen molar-refractivity contribution in [2.75, 3.05) is 19.0 Å². The lowest BCUT2D eigenvalue weighted by molar-refractivity contribution is -0.138. The molecule has 18 heavy (non-hydrogen) atoms. The molecular weight excluding hydrogens is 260 g/mol. The molecule has 0 aliphatic carbocycles. The highest BCUT2D eigenvalue weighted by Gasteiger charge is 2.00. The molecule has 1 heterocycles. The van der Waals surface area contributed by atoms with Crippen LogP contribution in [0.15, 0.2) is 24.4 Å². The molecule has 0 saturated heterocycles. The first kappa shape index (κ1) is 15.9. The minimum atomic E-state index is -1.02. The number of rotatable bonds is 5. The van der Waals surface area contributed by atoms with E-state index in [-0.39, 0.29) is 24.9 Å². The summed E-state index contributed by atoms with van der Waals surface area (Å²) in [5.74, 6) is -0.887. The number of carbonyl (C=O) groups is 2. The Kier molecular flexibility index (Phi) is 7.14. The molecule has 1 aromatic rings. The van der Waals surface area contributed by atoms with E-state index in [1.54, 1.807) is 12.1 Å². The minimum Gasteiger partial charge on any atom is -0.478 e. The Balaban J connectivity index is 0.00000289. The Labute approximate surface area is 110 Å². The second kappa shape index (κ2) is 8.08. The number of anilines is 1. The van der Waals surface area contributed by atoms with Crippen LogP contribution in [0.5, 0.6) is 0 Å². The lowest BCUT2D eigenvalue weighted by Crippen LogP contribution is -2.15. The van der Waals surface area contributed by atoms with Crippen LogP contribution in [0, 0.1) is 0 Å². The SMILES string of the molecule is COC(=O)CNc1ccc(C=CC(=O)O)cn1.Cl. The van der Waals surface area contributed by atoms with E-state index in [1.807, 2.05) is 0 Å². The zero-order chi connectivity index (χ0) is 12.7. The number of carboxylic acids is 1. The van der Waals surface area contributed by atoms with Crippen LogP contribution in [0.25, 0.3) is 6.08 Å². The maximum absolute atomic E-state index is 10.8. The molecule has 6 nitrogen and oxygen atoms in total. The predicted molar refractivity (Wildman–Crippen MR) is 68.7 cm³/mol. The number of pyridine rings is 1. The first-order valence-electron chi connectivity index (χ1n) is 4.79. The van der Waals surface area contributed by atoms with Gasteiger partial charge in [-0.15, -0.1) is 12.4 Å². The van der Waals surface area contributed by atoms with Gasteiger partial charge in [-0.25, -0.2) is 9.78 Å². The number of nitrogens with one attached hydrogen (secondary N) is 1. The van der Waals surface area contributed by atoms with Gasteiger partial charge in [-0.2, -0.15) is 0 Å². The van der Waals surface area contributed by atoms with Gasteiger partial charge in [0.15, 0.2) is 0 Å². The molecule has 0 saturated carbocycles. The fourth-order valence-corrected chi connectivity index (χ4v) is 1.01. The van der Waals surface area contributed by atoms with Gasteiger partial charge in [0.1, 0.15) is 12.4 Å². The molecule has 0 aliphatic heterocycles. The van der Waals surface area contributed by atoms with E-state index in [1.165, 1.54) is 19.4 Å². The molecule has 0 aliphatic rings. The molecule has 0 radical (unpaired) electrons. The van der Waals surface area contributed by atoms with E-state index in [2.05, 4.69) is 15.0 Å². The summed E-state index contributed by atoms with van der Waals surface area (Å²) in [4.78, 5) is 25.1. The Hall–Kier alpha value is -2.08. The monoisotopic (exact) mass is 272 g/mol. The number of hydrogen-bond acceptors (Lipinski definition) is 5. The van der Waals surface area contributed by atoms with Crippen molar-refractivity contribution in [1.82, 2.24) is 4.98 Å². The van der Waals surface area contributed by atoms with E-state index in [4.69, 9.17) is 5.11 Å². The molecule has 0 unspecified atom stereocenters. The first-order chi connectivity index (χ1) is 8.11. The van der Waals surface area contributed by atoms with E-state index >= 15 is 0 Å². The van der Waals surface area contributed by atoms with Crippen LogP contribution in [0.4, 0.5) is 5.82 Å². The zero-order valence-electron chi connectivity index (χ0n) is 9.62. The molecule has 0 fully saturated rings. The second-order valence-corrected chi connectivity index (χ2v) is 3.08. The maximum atomic E-state index is 10.8. The lowest BCUT2D eigenvalue weighted by atomic mass is 10.2. The molecule has 7 heteroatoms. The number of hydrogen-bond donors (Lipinski definition) is 2. The van der Waals surface area contributed by atoms with Gasteiger partial charge in [0.2, 0.25) is 0 Å². The van der Waals surface area contributed by atoms with Gasteiger partial charge in [0.25, 0.3) is 0 Å². The van der Waals surface area contributed by atoms with Crippen molar-refractivity contribution in [3.8, 4) is 0 Å². The molecule has 0 bridgehead atoms. The summed E-state index contributed by atoms with van der Waals surface area (Å²) in [6.45, 7) is 0.0355. The highest BCUT2D eigenvalue weighted by Crippen LogP contribution is 2.06. The molecular formula is C11H13ClN2O4. The van der Waals surface area contributed by atoms with Crippen molar-refractivity contribution >= 4 is 36.2 Å². The summed E-state index contributed by atoms with van der Waals surface area (Å²) in [7, 11) is 1.30. The number of carbonyl (C=O) groups excluding carboxylic acids is 1. The Morgan fingerprint density at radius 1 is 1.50 bits per heavy atom. The van der Waals surface area contributed by atoms with E-state index in [0.29, 0.717) is 11.4 Å². The van der Waals surface area contributed by atoms with Gasteiger partial charge in [-0.3, -0.25) is 4.79 Å². The number of methoxy groups -OCH3 is 1. The van der Waals surface area contributed by atoms with Crippen molar-refractivity contribution < 1.29 is 19.4 Å². The highest BCUT2D eigenvalue weighted by atomic mass is 35.5. The fourth-order valence-electron chi connectivity index (χ4n) is 1.01. The number of ether oxygens (including phenoxy) is 1. The lowest BCUT2D eigenvalue weighted by Gasteiger charge is -2.03. The molecule has 0 aromatic carbocycles. The third-order valence-electron chi connectivity index (χ3n) is 1.85. The Morgan fingerprint density at radius 3 is 2.72 bits per heavy atom. The number of aliphatic carboxylic acids is 1. The number of aromatic nitrogens is 1. The largest absolute Gasteiger partial charge is 0.478 e. The van der Waals surface area contributed by atoms with E-state index in [9.17, 15) is 9.59 Å². The van der Waals surface area contributed by atoms with Crippen molar-refractivity contribution in [1.29, 1.82) is 0 Å². The molecule has 0 amide bonds. The minimum absolute atomic E-state index is 0. The van der Waals surface area contributed by atoms with Crippen molar-refractivity contribution in [2.45, 2.75) is 0 Å². The third kappa shape index (κ3) is 5.86. The van der Waals surface area contributed by atoms with E-state index < -0.39 is 5.97 Å². The normalized spacial score (nSPS) is 9.61. The van der Waals surface area contributed by atoms with Crippen molar-refractivity contribution in [2.24, 2.45) is 0 Å². The van der Waals surface area contributed by atoms with Crippen molar-refractivity contribution in [3.63, 3.8) is 0 Å². The van der Waals surface area contributed by atoms with Crippen LogP contribution < -0.4 is 5.32 Å². The summed E-state index contributed by atoms with van der Waals surface area (Å²) in [5.41, 5.74) is 0.663. The molecule has 2 N–H and O–H groups in total. The van der Waals surface area contributed by atoms with Crippen LogP contribution in [-0.2, 0) is 14.3 Å². The van der Waals surface area contributed by atoms with Crippen LogP contribution in [0.3, 0.4) is 0 Å². The summed E-state index contributed by atoms with van der Waals surface area (Å²) in [6.07, 6.45) is 3.96. The molecule has 1 aromatic heterocycles. The Bertz CT molecular complexity index is 431. The fraction of sp³-hybridized carbons (Fsp3) is 0.182. The van der Waals surface area contributed by atoms with E-state index in [0.717, 1.165) is 6.08 Å². The first-order valence-corrected chi connectivity index (χ1v) is 4.79. The molecule has 98 valence electrons. The Morgan fingerprint density at radius 2 is 2.22 bits per heavy atom. The molecule has 1 rings (SSSR count). The van der Waals surface area contributed by atoms with Crippen LogP contribution in [0.1, 0.15) is 5.56 Å². The van der Waals surface area contributed by atoms with Gasteiger partial charge in [0.05, 0.1) is 7.11 Å². The quantitative estimate of drug-likeness (QED) is 0.618. The van der Waals surface area contributed by atoms with Crippen molar-refractivity contribution in [3.05, 3.63) is 30.0 Å². The predicted octanol–water partition coefficient (Wildman–Crippen LogP) is 1.19. The topological polar surface area (TPSA) is 88.5 Å². The summed E-state index contributed by atoms with van der Waals surface area (Å²) in [6, 6.07) is 3.33. The van der Waals surface area contributed by atoms with Gasteiger partial charge >= 0.3 is 11.9 Å². The van der Waals surface area contributed by atoms with Gasteiger partial charge in [-0.1, -0.05) is 0 Å².